The number of fused-ring (bicyclic) bond motifs is 1. The van der Waals surface area contributed by atoms with E-state index < -0.39 is 0 Å². The highest BCUT2D eigenvalue weighted by Gasteiger charge is 2.26. The number of anilines is 2. The first kappa shape index (κ1) is 20.0. The lowest BCUT2D eigenvalue weighted by Crippen LogP contribution is -2.20. The first-order valence-electron chi connectivity index (χ1n) is 10.2. The van der Waals surface area contributed by atoms with Crippen LogP contribution < -0.4 is 10.6 Å². The maximum atomic E-state index is 12.7. The number of benzene rings is 3. The van der Waals surface area contributed by atoms with E-state index in [0.29, 0.717) is 16.5 Å². The number of halogens is 1. The van der Waals surface area contributed by atoms with Crippen LogP contribution >= 0.6 is 11.6 Å². The van der Waals surface area contributed by atoms with E-state index in [2.05, 4.69) is 26.8 Å². The minimum atomic E-state index is -0.254. The van der Waals surface area contributed by atoms with Crippen molar-refractivity contribution in [2.24, 2.45) is 0 Å². The first-order chi connectivity index (χ1) is 15.6. The summed E-state index contributed by atoms with van der Waals surface area (Å²) in [7, 11) is 0. The molecule has 0 spiro atoms. The second kappa shape index (κ2) is 8.32. The maximum Gasteiger partial charge on any atom is 0.258 e. The summed E-state index contributed by atoms with van der Waals surface area (Å²) in [5.74, 6) is 0.530. The molecule has 2 N–H and O–H groups in total. The molecule has 0 saturated heterocycles. The number of aromatic nitrogens is 3. The van der Waals surface area contributed by atoms with Gasteiger partial charge in [0.1, 0.15) is 6.04 Å². The standard InChI is InChI=1S/C25H20ClN5O/c1-16-6-5-9-19(14-16)23(32)28-24-29-25-27-21(17-7-3-2-4-8-17)15-22(31(25)30-24)18-10-12-20(26)13-11-18/h2-15,22H,1H3,(H2,27,28,29,30,32). The molecule has 6 nitrogen and oxygen atoms in total. The predicted molar refractivity (Wildman–Crippen MR) is 127 cm³/mol. The largest absolute Gasteiger partial charge is 0.324 e. The number of aryl methyl sites for hydroxylation is 1. The van der Waals surface area contributed by atoms with Crippen LogP contribution in [0.4, 0.5) is 11.9 Å². The van der Waals surface area contributed by atoms with Gasteiger partial charge in [-0.25, -0.2) is 4.68 Å². The topological polar surface area (TPSA) is 71.8 Å². The predicted octanol–water partition coefficient (Wildman–Crippen LogP) is 5.55. The number of amides is 1. The summed E-state index contributed by atoms with van der Waals surface area (Å²) in [4.78, 5) is 17.3. The van der Waals surface area contributed by atoms with Gasteiger partial charge in [-0.1, -0.05) is 71.8 Å². The molecule has 2 heterocycles. The van der Waals surface area contributed by atoms with E-state index in [1.807, 2.05) is 79.7 Å². The number of rotatable bonds is 4. The summed E-state index contributed by atoms with van der Waals surface area (Å²) in [5.41, 5.74) is 4.53. The zero-order valence-corrected chi connectivity index (χ0v) is 18.0. The van der Waals surface area contributed by atoms with Crippen molar-refractivity contribution in [1.82, 2.24) is 14.8 Å². The van der Waals surface area contributed by atoms with Gasteiger partial charge in [-0.05, 0) is 48.4 Å². The number of allylic oxidation sites excluding steroid dienone is 1. The van der Waals surface area contributed by atoms with Gasteiger partial charge in [0.2, 0.25) is 5.95 Å². The van der Waals surface area contributed by atoms with Gasteiger partial charge in [-0.15, -0.1) is 5.10 Å². The Balaban J connectivity index is 1.51. The fraction of sp³-hybridized carbons (Fsp3) is 0.0800. The molecule has 4 aromatic rings. The zero-order chi connectivity index (χ0) is 22.1. The van der Waals surface area contributed by atoms with Crippen LogP contribution in [0.1, 0.15) is 33.1 Å². The number of carbonyl (C=O) groups is 1. The monoisotopic (exact) mass is 441 g/mol. The Kier molecular flexibility index (Phi) is 5.21. The van der Waals surface area contributed by atoms with Gasteiger partial charge < -0.3 is 5.32 Å². The normalized spacial score (nSPS) is 14.8. The van der Waals surface area contributed by atoms with Crippen LogP contribution in [0.2, 0.25) is 5.02 Å². The van der Waals surface area contributed by atoms with E-state index in [0.717, 1.165) is 22.4 Å². The Labute approximate surface area is 190 Å². The van der Waals surface area contributed by atoms with Crippen LogP contribution in [0, 0.1) is 6.92 Å². The molecule has 32 heavy (non-hydrogen) atoms. The second-order valence-corrected chi connectivity index (χ2v) is 8.03. The minimum absolute atomic E-state index is 0.212. The van der Waals surface area contributed by atoms with Crippen molar-refractivity contribution >= 4 is 35.1 Å². The Hall–Kier alpha value is -3.90. The molecule has 1 aliphatic rings. The van der Waals surface area contributed by atoms with Gasteiger partial charge in [-0.3, -0.25) is 10.1 Å². The van der Waals surface area contributed by atoms with Crippen molar-refractivity contribution in [3.05, 3.63) is 112 Å². The molecule has 158 valence electrons. The quantitative estimate of drug-likeness (QED) is 0.435. The molecule has 1 aliphatic heterocycles. The molecular formula is C25H20ClN5O. The van der Waals surface area contributed by atoms with Gasteiger partial charge in [-0.2, -0.15) is 4.98 Å². The molecule has 1 aromatic heterocycles. The fourth-order valence-electron chi connectivity index (χ4n) is 3.69. The van der Waals surface area contributed by atoms with E-state index in [1.54, 1.807) is 10.7 Å². The Bertz CT molecular complexity index is 1310. The molecular weight excluding hydrogens is 422 g/mol. The molecule has 1 atom stereocenters. The third-order valence-electron chi connectivity index (χ3n) is 5.27. The molecule has 7 heteroatoms. The number of nitrogens with one attached hydrogen (secondary N) is 2. The van der Waals surface area contributed by atoms with Crippen molar-refractivity contribution in [3.63, 3.8) is 0 Å². The third-order valence-corrected chi connectivity index (χ3v) is 5.52. The summed E-state index contributed by atoms with van der Waals surface area (Å²) in [5, 5.41) is 11.4. The zero-order valence-electron chi connectivity index (χ0n) is 17.3. The average Bonchev–Trinajstić information content (AvgIpc) is 3.22. The van der Waals surface area contributed by atoms with Gasteiger partial charge in [0.15, 0.2) is 0 Å². The Morgan fingerprint density at radius 2 is 1.81 bits per heavy atom. The molecule has 0 radical (unpaired) electrons. The van der Waals surface area contributed by atoms with Gasteiger partial charge in [0.25, 0.3) is 11.9 Å². The van der Waals surface area contributed by atoms with E-state index in [-0.39, 0.29) is 17.9 Å². The van der Waals surface area contributed by atoms with E-state index in [1.165, 1.54) is 0 Å². The van der Waals surface area contributed by atoms with Crippen molar-refractivity contribution in [3.8, 4) is 0 Å². The summed E-state index contributed by atoms with van der Waals surface area (Å²) < 4.78 is 1.77. The molecule has 0 bridgehead atoms. The van der Waals surface area contributed by atoms with Crippen molar-refractivity contribution in [1.29, 1.82) is 0 Å². The van der Waals surface area contributed by atoms with Gasteiger partial charge in [0.05, 0.1) is 0 Å². The third kappa shape index (κ3) is 4.00. The van der Waals surface area contributed by atoms with E-state index in [4.69, 9.17) is 11.6 Å². The van der Waals surface area contributed by atoms with Crippen molar-refractivity contribution in [2.45, 2.75) is 13.0 Å². The van der Waals surface area contributed by atoms with Crippen LogP contribution in [-0.4, -0.2) is 20.7 Å². The van der Waals surface area contributed by atoms with Crippen molar-refractivity contribution in [2.75, 3.05) is 10.6 Å². The summed E-state index contributed by atoms with van der Waals surface area (Å²) in [6.45, 7) is 1.95. The van der Waals surface area contributed by atoms with Gasteiger partial charge >= 0.3 is 0 Å². The number of hydrogen-bond donors (Lipinski definition) is 2. The molecule has 5 rings (SSSR count). The van der Waals surface area contributed by atoms with Crippen LogP contribution in [0.15, 0.2) is 84.9 Å². The number of nitrogens with zero attached hydrogens (tertiary/aromatic N) is 3. The lowest BCUT2D eigenvalue weighted by molar-refractivity contribution is 0.102. The minimum Gasteiger partial charge on any atom is -0.324 e. The summed E-state index contributed by atoms with van der Waals surface area (Å²) >= 11 is 6.10. The van der Waals surface area contributed by atoms with Crippen molar-refractivity contribution < 1.29 is 4.79 Å². The van der Waals surface area contributed by atoms with Crippen LogP contribution in [-0.2, 0) is 0 Å². The second-order valence-electron chi connectivity index (χ2n) is 7.59. The molecule has 1 amide bonds. The highest BCUT2D eigenvalue weighted by molar-refractivity contribution is 6.30. The lowest BCUT2D eigenvalue weighted by atomic mass is 10.0. The van der Waals surface area contributed by atoms with Crippen LogP contribution in [0.3, 0.4) is 0 Å². The average molecular weight is 442 g/mol. The fourth-order valence-corrected chi connectivity index (χ4v) is 3.82. The SMILES string of the molecule is Cc1cccc(C(=O)Nc2nc3n(n2)C(c2ccc(Cl)cc2)C=C(c2ccccc2)N3)c1. The van der Waals surface area contributed by atoms with Crippen LogP contribution in [0.25, 0.3) is 5.70 Å². The van der Waals surface area contributed by atoms with Crippen LogP contribution in [0.5, 0.6) is 0 Å². The Morgan fingerprint density at radius 1 is 1.03 bits per heavy atom. The Morgan fingerprint density at radius 3 is 2.56 bits per heavy atom. The molecule has 3 aromatic carbocycles. The molecule has 1 unspecified atom stereocenters. The highest BCUT2D eigenvalue weighted by Crippen LogP contribution is 2.33. The smallest absolute Gasteiger partial charge is 0.258 e. The number of hydrogen-bond acceptors (Lipinski definition) is 4. The molecule has 0 aliphatic carbocycles. The van der Waals surface area contributed by atoms with Gasteiger partial charge in [0, 0.05) is 16.3 Å². The lowest BCUT2D eigenvalue weighted by Gasteiger charge is -2.24. The maximum absolute atomic E-state index is 12.7. The molecule has 0 fully saturated rings. The van der Waals surface area contributed by atoms with E-state index in [9.17, 15) is 4.79 Å². The summed E-state index contributed by atoms with van der Waals surface area (Å²) in [6.07, 6.45) is 2.09. The first-order valence-corrected chi connectivity index (χ1v) is 10.6. The number of carbonyl (C=O) groups excluding carboxylic acids is 1. The van der Waals surface area contributed by atoms with E-state index >= 15 is 0 Å². The highest BCUT2D eigenvalue weighted by atomic mass is 35.5. The summed E-state index contributed by atoms with van der Waals surface area (Å²) in [6, 6.07) is 24.8. The molecule has 0 saturated carbocycles.